The van der Waals surface area contributed by atoms with Crippen LogP contribution in [0.25, 0.3) is 0 Å². The normalized spacial score (nSPS) is 26.9. The van der Waals surface area contributed by atoms with Gasteiger partial charge in [0, 0.05) is 11.6 Å². The van der Waals surface area contributed by atoms with Gasteiger partial charge in [-0.1, -0.05) is 23.7 Å². The largest absolute Gasteiger partial charge is 0.392 e. The van der Waals surface area contributed by atoms with Gasteiger partial charge < -0.3 is 9.84 Å². The average Bonchev–Trinajstić information content (AvgIpc) is 2.37. The molecule has 104 valence electrons. The van der Waals surface area contributed by atoms with Gasteiger partial charge in [0.15, 0.2) is 0 Å². The fourth-order valence-electron chi connectivity index (χ4n) is 3.39. The van der Waals surface area contributed by atoms with Gasteiger partial charge >= 0.3 is 0 Å². The second kappa shape index (κ2) is 5.43. The summed E-state index contributed by atoms with van der Waals surface area (Å²) in [5.74, 6) is 0.369. The molecule has 1 saturated heterocycles. The zero-order valence-electron chi connectivity index (χ0n) is 11.1. The van der Waals surface area contributed by atoms with Gasteiger partial charge in [0.25, 0.3) is 0 Å². The maximum Gasteiger partial charge on any atom is 0.0686 e. The molecule has 2 fully saturated rings. The number of benzene rings is 1. The zero-order chi connectivity index (χ0) is 13.3. The van der Waals surface area contributed by atoms with Gasteiger partial charge in [0.05, 0.1) is 11.7 Å². The highest BCUT2D eigenvalue weighted by molar-refractivity contribution is 6.30. The third kappa shape index (κ3) is 2.96. The highest BCUT2D eigenvalue weighted by Crippen LogP contribution is 2.45. The van der Waals surface area contributed by atoms with Crippen molar-refractivity contribution in [3.05, 3.63) is 34.9 Å². The summed E-state index contributed by atoms with van der Waals surface area (Å²) in [5, 5.41) is 11.2. The van der Waals surface area contributed by atoms with Crippen LogP contribution in [0.5, 0.6) is 0 Å². The molecule has 3 rings (SSSR count). The number of hydrogen-bond acceptors (Lipinski definition) is 2. The molecule has 2 atom stereocenters. The third-order valence-electron chi connectivity index (χ3n) is 4.67. The van der Waals surface area contributed by atoms with Crippen molar-refractivity contribution in [1.82, 2.24) is 0 Å². The Hall–Kier alpha value is -0.570. The molecule has 2 nitrogen and oxygen atoms in total. The predicted molar refractivity (Wildman–Crippen MR) is 76.4 cm³/mol. The quantitative estimate of drug-likeness (QED) is 0.917. The molecular formula is C16H21ClO2. The fourth-order valence-corrected chi connectivity index (χ4v) is 3.60. The van der Waals surface area contributed by atoms with E-state index in [-0.39, 0.29) is 11.7 Å². The van der Waals surface area contributed by atoms with E-state index in [1.807, 2.05) is 24.3 Å². The summed E-state index contributed by atoms with van der Waals surface area (Å²) in [5.41, 5.74) is 1.23. The van der Waals surface area contributed by atoms with Crippen molar-refractivity contribution in [2.45, 2.75) is 50.2 Å². The average molecular weight is 281 g/mol. The van der Waals surface area contributed by atoms with Crippen LogP contribution in [0.3, 0.4) is 0 Å². The van der Waals surface area contributed by atoms with E-state index in [9.17, 15) is 5.11 Å². The maximum absolute atomic E-state index is 10.5. The van der Waals surface area contributed by atoms with E-state index in [4.69, 9.17) is 16.3 Å². The molecule has 3 heteroatoms. The summed E-state index contributed by atoms with van der Waals surface area (Å²) in [6.45, 7) is 0.803. The van der Waals surface area contributed by atoms with Gasteiger partial charge in [0.1, 0.15) is 0 Å². The molecule has 0 amide bonds. The lowest BCUT2D eigenvalue weighted by atomic mass is 9.70. The Balaban J connectivity index is 1.62. The SMILES string of the molecule is OC(Cc1cccc(Cl)c1)C1CCOC2(CCC2)C1. The van der Waals surface area contributed by atoms with Gasteiger partial charge in [-0.15, -0.1) is 0 Å². The minimum Gasteiger partial charge on any atom is -0.392 e. The summed E-state index contributed by atoms with van der Waals surface area (Å²) >= 11 is 5.99. The number of rotatable bonds is 3. The molecule has 1 aromatic carbocycles. The number of halogens is 1. The van der Waals surface area contributed by atoms with Gasteiger partial charge in [-0.3, -0.25) is 0 Å². The van der Waals surface area contributed by atoms with Crippen molar-refractivity contribution >= 4 is 11.6 Å². The molecule has 0 aromatic heterocycles. The van der Waals surface area contributed by atoms with E-state index in [1.54, 1.807) is 0 Å². The van der Waals surface area contributed by atoms with E-state index in [0.29, 0.717) is 12.3 Å². The van der Waals surface area contributed by atoms with E-state index in [1.165, 1.54) is 19.3 Å². The van der Waals surface area contributed by atoms with E-state index < -0.39 is 0 Å². The molecule has 1 N–H and O–H groups in total. The molecule has 1 aliphatic heterocycles. The smallest absolute Gasteiger partial charge is 0.0686 e. The Morgan fingerprint density at radius 3 is 2.95 bits per heavy atom. The van der Waals surface area contributed by atoms with Crippen LogP contribution in [0, 0.1) is 5.92 Å². The van der Waals surface area contributed by atoms with E-state index in [0.717, 1.165) is 30.0 Å². The first kappa shape index (κ1) is 13.4. The molecular weight excluding hydrogens is 260 g/mol. The van der Waals surface area contributed by atoms with Gasteiger partial charge in [-0.05, 0) is 62.1 Å². The summed E-state index contributed by atoms with van der Waals surface area (Å²) in [6.07, 6.45) is 6.04. The second-order valence-corrected chi connectivity index (χ2v) is 6.48. The van der Waals surface area contributed by atoms with E-state index in [2.05, 4.69) is 0 Å². The van der Waals surface area contributed by atoms with Crippen LogP contribution < -0.4 is 0 Å². The topological polar surface area (TPSA) is 29.5 Å². The van der Waals surface area contributed by atoms with Crippen LogP contribution in [0.15, 0.2) is 24.3 Å². The third-order valence-corrected chi connectivity index (χ3v) is 4.91. The van der Waals surface area contributed by atoms with Gasteiger partial charge in [-0.2, -0.15) is 0 Å². The Kier molecular flexibility index (Phi) is 3.84. The van der Waals surface area contributed by atoms with Crippen LogP contribution >= 0.6 is 11.6 Å². The lowest BCUT2D eigenvalue weighted by Crippen LogP contribution is -2.48. The van der Waals surface area contributed by atoms with Gasteiger partial charge in [0.2, 0.25) is 0 Å². The molecule has 2 aliphatic rings. The van der Waals surface area contributed by atoms with Gasteiger partial charge in [-0.25, -0.2) is 0 Å². The van der Waals surface area contributed by atoms with Crippen molar-refractivity contribution in [2.75, 3.05) is 6.61 Å². The minimum absolute atomic E-state index is 0.109. The maximum atomic E-state index is 10.5. The minimum atomic E-state index is -0.278. The Morgan fingerprint density at radius 2 is 2.26 bits per heavy atom. The number of hydrogen-bond donors (Lipinski definition) is 1. The highest BCUT2D eigenvalue weighted by atomic mass is 35.5. The lowest BCUT2D eigenvalue weighted by Gasteiger charge is -2.48. The van der Waals surface area contributed by atoms with Crippen molar-refractivity contribution in [1.29, 1.82) is 0 Å². The van der Waals surface area contributed by atoms with Crippen molar-refractivity contribution in [3.63, 3.8) is 0 Å². The van der Waals surface area contributed by atoms with Crippen molar-refractivity contribution in [2.24, 2.45) is 5.92 Å². The Morgan fingerprint density at radius 1 is 1.42 bits per heavy atom. The number of aliphatic hydroxyl groups is 1. The molecule has 19 heavy (non-hydrogen) atoms. The monoisotopic (exact) mass is 280 g/mol. The lowest BCUT2D eigenvalue weighted by molar-refractivity contribution is -0.156. The zero-order valence-corrected chi connectivity index (χ0v) is 11.9. The first-order chi connectivity index (χ1) is 9.17. The highest BCUT2D eigenvalue weighted by Gasteiger charge is 2.43. The first-order valence-corrected chi connectivity index (χ1v) is 7.61. The van der Waals surface area contributed by atoms with Crippen LogP contribution in [0.4, 0.5) is 0 Å². The fraction of sp³-hybridized carbons (Fsp3) is 0.625. The van der Waals surface area contributed by atoms with Crippen molar-refractivity contribution in [3.8, 4) is 0 Å². The molecule has 1 spiro atoms. The Bertz CT molecular complexity index is 442. The van der Waals surface area contributed by atoms with Crippen LogP contribution in [0.1, 0.15) is 37.7 Å². The number of aliphatic hydroxyl groups excluding tert-OH is 1. The van der Waals surface area contributed by atoms with E-state index >= 15 is 0 Å². The van der Waals surface area contributed by atoms with Crippen LogP contribution in [0.2, 0.25) is 5.02 Å². The van der Waals surface area contributed by atoms with Crippen LogP contribution in [-0.4, -0.2) is 23.4 Å². The molecule has 1 saturated carbocycles. The number of ether oxygens (including phenoxy) is 1. The van der Waals surface area contributed by atoms with Crippen molar-refractivity contribution < 1.29 is 9.84 Å². The molecule has 1 aliphatic carbocycles. The molecule has 2 unspecified atom stereocenters. The first-order valence-electron chi connectivity index (χ1n) is 7.23. The summed E-state index contributed by atoms with van der Waals surface area (Å²) < 4.78 is 5.92. The molecule has 0 radical (unpaired) electrons. The summed E-state index contributed by atoms with van der Waals surface area (Å²) in [7, 11) is 0. The molecule has 1 heterocycles. The molecule has 0 bridgehead atoms. The second-order valence-electron chi connectivity index (χ2n) is 6.04. The summed E-state index contributed by atoms with van der Waals surface area (Å²) in [6, 6.07) is 7.80. The Labute approximate surface area is 119 Å². The van der Waals surface area contributed by atoms with Crippen LogP contribution in [-0.2, 0) is 11.2 Å². The summed E-state index contributed by atoms with van der Waals surface area (Å²) in [4.78, 5) is 0. The molecule has 1 aromatic rings. The predicted octanol–water partition coefficient (Wildman–Crippen LogP) is 3.59. The standard InChI is InChI=1S/C16H21ClO2/c17-14-4-1-3-12(9-14)10-15(18)13-5-8-19-16(11-13)6-2-7-16/h1,3-4,9,13,15,18H,2,5-8,10-11H2.